The zero-order valence-corrected chi connectivity index (χ0v) is 13.1. The van der Waals surface area contributed by atoms with Crippen LogP contribution in [0.15, 0.2) is 12.1 Å². The topological polar surface area (TPSA) is 30.5 Å². The number of hydrogen-bond donors (Lipinski definition) is 1. The molecule has 1 heterocycles. The number of fused-ring (bicyclic) bond motifs is 1. The summed E-state index contributed by atoms with van der Waals surface area (Å²) in [5, 5.41) is 4.28. The van der Waals surface area contributed by atoms with Crippen LogP contribution in [0.1, 0.15) is 31.4 Å². The third-order valence-corrected chi connectivity index (χ3v) is 3.67. The fourth-order valence-corrected chi connectivity index (χ4v) is 2.88. The van der Waals surface area contributed by atoms with Gasteiger partial charge < -0.3 is 14.8 Å². The number of benzene rings is 1. The molecule has 112 valence electrons. The van der Waals surface area contributed by atoms with E-state index in [0.717, 1.165) is 56.4 Å². The lowest BCUT2D eigenvalue weighted by molar-refractivity contribution is 0.112. The fourth-order valence-electron chi connectivity index (χ4n) is 2.61. The van der Waals surface area contributed by atoms with Gasteiger partial charge in [0.25, 0.3) is 0 Å². The summed E-state index contributed by atoms with van der Waals surface area (Å²) in [6.07, 6.45) is 2.90. The average Bonchev–Trinajstić information content (AvgIpc) is 2.87. The predicted octanol–water partition coefficient (Wildman–Crippen LogP) is 3.22. The van der Waals surface area contributed by atoms with Crippen LogP contribution in [0.2, 0.25) is 5.02 Å². The molecule has 0 aromatic heterocycles. The molecule has 0 radical (unpaired) electrons. The average molecular weight is 298 g/mol. The van der Waals surface area contributed by atoms with Crippen LogP contribution in [0.3, 0.4) is 0 Å². The van der Waals surface area contributed by atoms with Crippen LogP contribution in [0.4, 0.5) is 0 Å². The van der Waals surface area contributed by atoms with Crippen molar-refractivity contribution >= 4 is 11.6 Å². The van der Waals surface area contributed by atoms with E-state index in [9.17, 15) is 0 Å². The van der Waals surface area contributed by atoms with Gasteiger partial charge in [0.05, 0.1) is 13.2 Å². The summed E-state index contributed by atoms with van der Waals surface area (Å²) >= 11 is 6.21. The molecule has 1 aromatic rings. The Hall–Kier alpha value is -0.770. The summed E-state index contributed by atoms with van der Waals surface area (Å²) in [6, 6.07) is 4.34. The van der Waals surface area contributed by atoms with Crippen LogP contribution in [-0.4, -0.2) is 32.4 Å². The first-order chi connectivity index (χ1) is 9.74. The maximum Gasteiger partial charge on any atom is 0.125 e. The second-order valence-electron chi connectivity index (χ2n) is 5.19. The minimum absolute atomic E-state index is 0.304. The highest BCUT2D eigenvalue weighted by Gasteiger charge is 2.20. The van der Waals surface area contributed by atoms with Gasteiger partial charge in [-0.15, -0.1) is 0 Å². The van der Waals surface area contributed by atoms with Crippen molar-refractivity contribution in [3.8, 4) is 5.75 Å². The van der Waals surface area contributed by atoms with E-state index in [2.05, 4.69) is 19.2 Å². The summed E-state index contributed by atoms with van der Waals surface area (Å²) in [4.78, 5) is 0. The van der Waals surface area contributed by atoms with Gasteiger partial charge in [0.2, 0.25) is 0 Å². The molecule has 0 saturated heterocycles. The third kappa shape index (κ3) is 4.11. The minimum Gasteiger partial charge on any atom is -0.493 e. The molecule has 1 aliphatic rings. The maximum atomic E-state index is 6.21. The van der Waals surface area contributed by atoms with E-state index in [1.54, 1.807) is 0 Å². The summed E-state index contributed by atoms with van der Waals surface area (Å²) in [6.45, 7) is 7.48. The van der Waals surface area contributed by atoms with Crippen LogP contribution >= 0.6 is 11.6 Å². The van der Waals surface area contributed by atoms with Crippen molar-refractivity contribution in [1.29, 1.82) is 0 Å². The molecule has 4 heteroatoms. The van der Waals surface area contributed by atoms with Crippen LogP contribution in [0.5, 0.6) is 5.75 Å². The fraction of sp³-hybridized carbons (Fsp3) is 0.625. The number of nitrogens with one attached hydrogen (secondary N) is 1. The molecular weight excluding hydrogens is 274 g/mol. The van der Waals surface area contributed by atoms with E-state index < -0.39 is 0 Å². The maximum absolute atomic E-state index is 6.21. The molecule has 1 unspecified atom stereocenters. The predicted molar refractivity (Wildman–Crippen MR) is 82.9 cm³/mol. The number of likely N-dealkylation sites (N-methyl/N-ethyl adjacent to an activating group) is 1. The summed E-state index contributed by atoms with van der Waals surface area (Å²) in [5.74, 6) is 1.03. The van der Waals surface area contributed by atoms with Gasteiger partial charge in [-0.2, -0.15) is 0 Å². The first kappa shape index (κ1) is 15.6. The highest BCUT2D eigenvalue weighted by atomic mass is 35.5. The Bertz CT molecular complexity index is 437. The van der Waals surface area contributed by atoms with E-state index in [-0.39, 0.29) is 0 Å². The molecule has 1 aliphatic heterocycles. The number of rotatable bonds is 8. The Morgan fingerprint density at radius 1 is 1.40 bits per heavy atom. The summed E-state index contributed by atoms with van der Waals surface area (Å²) in [7, 11) is 0. The van der Waals surface area contributed by atoms with Crippen molar-refractivity contribution in [3.63, 3.8) is 0 Å². The molecule has 20 heavy (non-hydrogen) atoms. The zero-order chi connectivity index (χ0) is 14.4. The molecule has 0 saturated carbocycles. The lowest BCUT2D eigenvalue weighted by Crippen LogP contribution is -2.35. The quantitative estimate of drug-likeness (QED) is 0.747. The second kappa shape index (κ2) is 7.87. The smallest absolute Gasteiger partial charge is 0.125 e. The van der Waals surface area contributed by atoms with Crippen LogP contribution in [-0.2, 0) is 17.6 Å². The van der Waals surface area contributed by atoms with E-state index in [1.165, 1.54) is 11.1 Å². The summed E-state index contributed by atoms with van der Waals surface area (Å²) < 4.78 is 11.4. The number of hydrogen-bond acceptors (Lipinski definition) is 3. The zero-order valence-electron chi connectivity index (χ0n) is 12.4. The minimum atomic E-state index is 0.304. The van der Waals surface area contributed by atoms with E-state index >= 15 is 0 Å². The Morgan fingerprint density at radius 3 is 3.00 bits per heavy atom. The molecule has 1 N–H and O–H groups in total. The Labute approximate surface area is 126 Å². The van der Waals surface area contributed by atoms with Gasteiger partial charge in [0, 0.05) is 24.1 Å². The lowest BCUT2D eigenvalue weighted by atomic mass is 10.0. The first-order valence-corrected chi connectivity index (χ1v) is 7.87. The van der Waals surface area contributed by atoms with E-state index in [1.807, 2.05) is 12.1 Å². The molecule has 0 fully saturated rings. The normalized spacial score (nSPS) is 14.9. The molecule has 2 rings (SSSR count). The SMILES string of the molecule is CCCOCC(Cc1cc(Cl)cc2c1OCC2)NCC. The highest BCUT2D eigenvalue weighted by molar-refractivity contribution is 6.30. The molecule has 0 amide bonds. The number of halogens is 1. The van der Waals surface area contributed by atoms with Crippen molar-refractivity contribution in [2.45, 2.75) is 39.2 Å². The Kier molecular flexibility index (Phi) is 6.14. The van der Waals surface area contributed by atoms with E-state index in [4.69, 9.17) is 21.1 Å². The van der Waals surface area contributed by atoms with Crippen molar-refractivity contribution in [3.05, 3.63) is 28.3 Å². The van der Waals surface area contributed by atoms with Gasteiger partial charge in [-0.25, -0.2) is 0 Å². The number of ether oxygens (including phenoxy) is 2. The first-order valence-electron chi connectivity index (χ1n) is 7.49. The van der Waals surface area contributed by atoms with Gasteiger partial charge in [-0.1, -0.05) is 25.4 Å². The van der Waals surface area contributed by atoms with Crippen LogP contribution in [0.25, 0.3) is 0 Å². The molecule has 0 spiro atoms. The monoisotopic (exact) mass is 297 g/mol. The van der Waals surface area contributed by atoms with Crippen molar-refractivity contribution < 1.29 is 9.47 Å². The largest absolute Gasteiger partial charge is 0.493 e. The Morgan fingerprint density at radius 2 is 2.25 bits per heavy atom. The van der Waals surface area contributed by atoms with Crippen molar-refractivity contribution in [2.75, 3.05) is 26.4 Å². The van der Waals surface area contributed by atoms with Gasteiger partial charge >= 0.3 is 0 Å². The molecule has 0 bridgehead atoms. The van der Waals surface area contributed by atoms with E-state index in [0.29, 0.717) is 6.04 Å². The van der Waals surface area contributed by atoms with Gasteiger partial charge in [-0.3, -0.25) is 0 Å². The van der Waals surface area contributed by atoms with Gasteiger partial charge in [0.1, 0.15) is 5.75 Å². The van der Waals surface area contributed by atoms with Crippen molar-refractivity contribution in [2.24, 2.45) is 0 Å². The second-order valence-corrected chi connectivity index (χ2v) is 5.62. The standard InChI is InChI=1S/C16H24ClNO2/c1-3-6-19-11-15(18-4-2)10-13-9-14(17)8-12-5-7-20-16(12)13/h8-9,15,18H,3-7,10-11H2,1-2H3. The Balaban J connectivity index is 2.06. The van der Waals surface area contributed by atoms with Crippen LogP contribution < -0.4 is 10.1 Å². The highest BCUT2D eigenvalue weighted by Crippen LogP contribution is 2.33. The molecular formula is C16H24ClNO2. The molecule has 1 atom stereocenters. The third-order valence-electron chi connectivity index (χ3n) is 3.45. The van der Waals surface area contributed by atoms with Gasteiger partial charge in [0.15, 0.2) is 0 Å². The molecule has 3 nitrogen and oxygen atoms in total. The van der Waals surface area contributed by atoms with Crippen molar-refractivity contribution in [1.82, 2.24) is 5.32 Å². The van der Waals surface area contributed by atoms with Crippen LogP contribution in [0, 0.1) is 0 Å². The molecule has 1 aromatic carbocycles. The van der Waals surface area contributed by atoms with Gasteiger partial charge in [-0.05, 0) is 42.6 Å². The lowest BCUT2D eigenvalue weighted by Gasteiger charge is -2.19. The molecule has 0 aliphatic carbocycles. The summed E-state index contributed by atoms with van der Waals surface area (Å²) in [5.41, 5.74) is 2.42.